The molecule has 1 aromatic rings. The summed E-state index contributed by atoms with van der Waals surface area (Å²) < 4.78 is 6.09. The maximum absolute atomic E-state index is 6.28. The standard InChI is InChI=1S/C19H19ClO/c1-13-12-19(2,3)21-17-10-6-8-15(18(13)17)11-14-7-4-5-9-16(14)20/h4-7,9-12H,8H2,1-3H3. The van der Waals surface area contributed by atoms with Crippen molar-refractivity contribution in [1.29, 1.82) is 0 Å². The fourth-order valence-electron chi connectivity index (χ4n) is 2.99. The Morgan fingerprint density at radius 2 is 2.00 bits per heavy atom. The first-order valence-corrected chi connectivity index (χ1v) is 7.59. The third-order valence-corrected chi connectivity index (χ3v) is 4.09. The summed E-state index contributed by atoms with van der Waals surface area (Å²) in [6.45, 7) is 6.32. The molecule has 0 saturated carbocycles. The monoisotopic (exact) mass is 298 g/mol. The van der Waals surface area contributed by atoms with Gasteiger partial charge in [-0.2, -0.15) is 0 Å². The number of halogens is 1. The molecule has 0 radical (unpaired) electrons. The first-order valence-electron chi connectivity index (χ1n) is 7.21. The van der Waals surface area contributed by atoms with Crippen molar-refractivity contribution >= 4 is 17.7 Å². The Morgan fingerprint density at radius 1 is 1.24 bits per heavy atom. The largest absolute Gasteiger partial charge is 0.483 e. The van der Waals surface area contributed by atoms with Gasteiger partial charge in [0.25, 0.3) is 0 Å². The van der Waals surface area contributed by atoms with Crippen LogP contribution in [0.2, 0.25) is 5.02 Å². The summed E-state index contributed by atoms with van der Waals surface area (Å²) in [5, 5.41) is 0.778. The van der Waals surface area contributed by atoms with E-state index in [1.54, 1.807) is 0 Å². The zero-order valence-corrected chi connectivity index (χ0v) is 13.4. The van der Waals surface area contributed by atoms with Crippen molar-refractivity contribution in [3.63, 3.8) is 0 Å². The van der Waals surface area contributed by atoms with Crippen LogP contribution in [0.25, 0.3) is 6.08 Å². The lowest BCUT2D eigenvalue weighted by Gasteiger charge is -2.33. The molecule has 0 atom stereocenters. The lowest BCUT2D eigenvalue weighted by molar-refractivity contribution is 0.0797. The Morgan fingerprint density at radius 3 is 2.76 bits per heavy atom. The minimum atomic E-state index is -0.250. The molecule has 3 rings (SSSR count). The molecular formula is C19H19ClO. The quantitative estimate of drug-likeness (QED) is 0.647. The van der Waals surface area contributed by atoms with Gasteiger partial charge in [-0.25, -0.2) is 0 Å². The summed E-state index contributed by atoms with van der Waals surface area (Å²) in [5.41, 5.74) is 4.53. The molecular weight excluding hydrogens is 280 g/mol. The molecule has 0 fully saturated rings. The van der Waals surface area contributed by atoms with E-state index in [0.29, 0.717) is 0 Å². The third-order valence-electron chi connectivity index (χ3n) is 3.74. The normalized spacial score (nSPS) is 21.9. The van der Waals surface area contributed by atoms with Gasteiger partial charge in [0.05, 0.1) is 0 Å². The molecule has 0 unspecified atom stereocenters. The molecule has 1 aliphatic carbocycles. The fraction of sp³-hybridized carbons (Fsp3) is 0.263. The smallest absolute Gasteiger partial charge is 0.128 e. The average molecular weight is 299 g/mol. The van der Waals surface area contributed by atoms with Crippen LogP contribution in [-0.2, 0) is 4.74 Å². The predicted octanol–water partition coefficient (Wildman–Crippen LogP) is 5.69. The topological polar surface area (TPSA) is 9.23 Å². The van der Waals surface area contributed by atoms with Crippen LogP contribution >= 0.6 is 11.6 Å². The molecule has 0 saturated heterocycles. The minimum absolute atomic E-state index is 0.250. The molecule has 2 aliphatic rings. The fourth-order valence-corrected chi connectivity index (χ4v) is 3.18. The number of ether oxygens (including phenoxy) is 1. The second-order valence-electron chi connectivity index (χ2n) is 6.07. The summed E-state index contributed by atoms with van der Waals surface area (Å²) >= 11 is 6.28. The van der Waals surface area contributed by atoms with Crippen LogP contribution in [-0.4, -0.2) is 5.60 Å². The molecule has 1 heterocycles. The number of hydrogen-bond donors (Lipinski definition) is 0. The van der Waals surface area contributed by atoms with Crippen LogP contribution in [0.1, 0.15) is 32.8 Å². The van der Waals surface area contributed by atoms with E-state index in [9.17, 15) is 0 Å². The number of rotatable bonds is 1. The van der Waals surface area contributed by atoms with E-state index in [1.165, 1.54) is 16.7 Å². The molecule has 1 aliphatic heterocycles. The summed E-state index contributed by atoms with van der Waals surface area (Å²) in [5.74, 6) is 0.963. The maximum atomic E-state index is 6.28. The van der Waals surface area contributed by atoms with Crippen molar-refractivity contribution in [2.45, 2.75) is 32.8 Å². The van der Waals surface area contributed by atoms with Gasteiger partial charge < -0.3 is 4.74 Å². The van der Waals surface area contributed by atoms with Gasteiger partial charge in [0.15, 0.2) is 0 Å². The Labute approximate surface area is 131 Å². The first kappa shape index (κ1) is 14.2. The van der Waals surface area contributed by atoms with Crippen LogP contribution in [0.15, 0.2) is 65.0 Å². The van der Waals surface area contributed by atoms with Gasteiger partial charge in [0.2, 0.25) is 0 Å². The molecule has 1 aromatic carbocycles. The molecule has 0 bridgehead atoms. The van der Waals surface area contributed by atoms with E-state index in [2.05, 4.69) is 45.1 Å². The summed E-state index contributed by atoms with van der Waals surface area (Å²) in [6.07, 6.45) is 9.48. The number of benzene rings is 1. The highest BCUT2D eigenvalue weighted by Crippen LogP contribution is 2.39. The molecule has 0 amide bonds. The second kappa shape index (κ2) is 5.23. The molecule has 108 valence electrons. The van der Waals surface area contributed by atoms with Gasteiger partial charge >= 0.3 is 0 Å². The van der Waals surface area contributed by atoms with E-state index in [1.807, 2.05) is 24.3 Å². The predicted molar refractivity (Wildman–Crippen MR) is 89.1 cm³/mol. The van der Waals surface area contributed by atoms with Crippen LogP contribution in [0.3, 0.4) is 0 Å². The second-order valence-corrected chi connectivity index (χ2v) is 6.48. The van der Waals surface area contributed by atoms with Crippen LogP contribution < -0.4 is 0 Å². The molecule has 0 aromatic heterocycles. The lowest BCUT2D eigenvalue weighted by Crippen LogP contribution is -2.26. The van der Waals surface area contributed by atoms with Gasteiger partial charge in [-0.1, -0.05) is 35.9 Å². The Kier molecular flexibility index (Phi) is 3.54. The third kappa shape index (κ3) is 2.84. The van der Waals surface area contributed by atoms with Crippen molar-refractivity contribution in [3.8, 4) is 0 Å². The minimum Gasteiger partial charge on any atom is -0.483 e. The van der Waals surface area contributed by atoms with Gasteiger partial charge in [-0.3, -0.25) is 0 Å². The highest BCUT2D eigenvalue weighted by molar-refractivity contribution is 6.32. The lowest BCUT2D eigenvalue weighted by atomic mass is 9.86. The molecule has 0 N–H and O–H groups in total. The summed E-state index contributed by atoms with van der Waals surface area (Å²) in [4.78, 5) is 0. The Balaban J connectivity index is 2.07. The zero-order valence-electron chi connectivity index (χ0n) is 12.6. The van der Waals surface area contributed by atoms with Crippen molar-refractivity contribution in [3.05, 3.63) is 75.6 Å². The van der Waals surface area contributed by atoms with Crippen molar-refractivity contribution in [1.82, 2.24) is 0 Å². The molecule has 0 spiro atoms. The van der Waals surface area contributed by atoms with Crippen LogP contribution in [0.5, 0.6) is 0 Å². The highest BCUT2D eigenvalue weighted by atomic mass is 35.5. The molecule has 2 heteroatoms. The summed E-state index contributed by atoms with van der Waals surface area (Å²) in [6, 6.07) is 7.92. The average Bonchev–Trinajstić information content (AvgIpc) is 2.39. The van der Waals surface area contributed by atoms with Gasteiger partial charge in [-0.05, 0) is 68.2 Å². The van der Waals surface area contributed by atoms with Gasteiger partial charge in [0.1, 0.15) is 11.4 Å². The van der Waals surface area contributed by atoms with E-state index in [-0.39, 0.29) is 5.60 Å². The molecule has 21 heavy (non-hydrogen) atoms. The van der Waals surface area contributed by atoms with E-state index >= 15 is 0 Å². The first-order chi connectivity index (χ1) is 9.96. The number of allylic oxidation sites excluding steroid dienone is 5. The zero-order chi connectivity index (χ0) is 15.0. The van der Waals surface area contributed by atoms with E-state index in [0.717, 1.165) is 22.8 Å². The number of hydrogen-bond acceptors (Lipinski definition) is 1. The van der Waals surface area contributed by atoms with E-state index < -0.39 is 0 Å². The van der Waals surface area contributed by atoms with Crippen molar-refractivity contribution in [2.24, 2.45) is 0 Å². The SMILES string of the molecule is CC1=CC(C)(C)OC2=C1C(=Cc1ccccc1Cl)CC=C2. The van der Waals surface area contributed by atoms with Crippen molar-refractivity contribution < 1.29 is 4.74 Å². The maximum Gasteiger partial charge on any atom is 0.128 e. The molecule has 1 nitrogen and oxygen atoms in total. The van der Waals surface area contributed by atoms with Crippen LogP contribution in [0.4, 0.5) is 0 Å². The highest BCUT2D eigenvalue weighted by Gasteiger charge is 2.28. The summed E-state index contributed by atoms with van der Waals surface area (Å²) in [7, 11) is 0. The van der Waals surface area contributed by atoms with Crippen LogP contribution in [0, 0.1) is 0 Å². The van der Waals surface area contributed by atoms with Gasteiger partial charge in [-0.15, -0.1) is 0 Å². The Bertz CT molecular complexity index is 702. The van der Waals surface area contributed by atoms with E-state index in [4.69, 9.17) is 16.3 Å². The van der Waals surface area contributed by atoms with Gasteiger partial charge in [0, 0.05) is 10.6 Å². The Hall–Kier alpha value is -1.73. The van der Waals surface area contributed by atoms with Crippen molar-refractivity contribution in [2.75, 3.05) is 0 Å².